The molecule has 0 radical (unpaired) electrons. The molecule has 0 aliphatic carbocycles. The van der Waals surface area contributed by atoms with E-state index in [0.29, 0.717) is 27.6 Å². The summed E-state index contributed by atoms with van der Waals surface area (Å²) in [6.07, 6.45) is -0.593. The second-order valence-electron chi connectivity index (χ2n) is 7.74. The summed E-state index contributed by atoms with van der Waals surface area (Å²) in [4.78, 5) is 57.5. The first-order chi connectivity index (χ1) is 15.9. The number of aromatic nitrogens is 1. The lowest BCUT2D eigenvalue weighted by Crippen LogP contribution is -2.48. The van der Waals surface area contributed by atoms with Crippen LogP contribution in [0.4, 0.5) is 10.8 Å². The molecule has 1 aromatic heterocycles. The van der Waals surface area contributed by atoms with Gasteiger partial charge in [0, 0.05) is 29.5 Å². The number of fused-ring (bicyclic) bond motifs is 5. The second kappa shape index (κ2) is 8.14. The van der Waals surface area contributed by atoms with Crippen molar-refractivity contribution in [3.05, 3.63) is 76.3 Å². The molecule has 3 N–H and O–H groups in total. The Morgan fingerprint density at radius 1 is 1.03 bits per heavy atom. The minimum absolute atomic E-state index is 0.000981. The average molecular weight is 462 g/mol. The van der Waals surface area contributed by atoms with Crippen LogP contribution >= 0.6 is 11.3 Å². The van der Waals surface area contributed by atoms with Crippen molar-refractivity contribution >= 4 is 45.8 Å². The lowest BCUT2D eigenvalue weighted by atomic mass is 10.0. The molecule has 10 heteroatoms. The molecule has 2 aliphatic heterocycles. The summed E-state index contributed by atoms with van der Waals surface area (Å²) in [5.74, 6) is -1.24. The number of para-hydroxylation sites is 1. The van der Waals surface area contributed by atoms with Crippen molar-refractivity contribution in [3.8, 4) is 0 Å². The molecular weight excluding hydrogens is 442 g/mol. The maximum atomic E-state index is 13.4. The molecule has 1 atom stereocenters. The fourth-order valence-electron chi connectivity index (χ4n) is 4.23. The molecule has 4 amide bonds. The van der Waals surface area contributed by atoms with Gasteiger partial charge in [-0.05, 0) is 18.2 Å². The highest BCUT2D eigenvalue weighted by Gasteiger charge is 2.47. The van der Waals surface area contributed by atoms with E-state index in [1.54, 1.807) is 51.6 Å². The van der Waals surface area contributed by atoms with Gasteiger partial charge in [0.1, 0.15) is 6.17 Å². The third kappa shape index (κ3) is 3.64. The Bertz CT molecular complexity index is 1300. The lowest BCUT2D eigenvalue weighted by molar-refractivity contribution is -0.117. The minimum atomic E-state index is -0.606. The molecule has 0 saturated heterocycles. The topological polar surface area (TPSA) is 126 Å². The first-order valence-corrected chi connectivity index (χ1v) is 11.2. The van der Waals surface area contributed by atoms with E-state index >= 15 is 0 Å². The van der Waals surface area contributed by atoms with Crippen LogP contribution in [0.3, 0.4) is 0 Å². The average Bonchev–Trinajstić information content (AvgIpc) is 3.35. The predicted octanol–water partition coefficient (Wildman–Crippen LogP) is 2.31. The van der Waals surface area contributed by atoms with Crippen molar-refractivity contribution in [3.63, 3.8) is 0 Å². The van der Waals surface area contributed by atoms with Crippen LogP contribution in [-0.2, 0) is 16.0 Å². The van der Waals surface area contributed by atoms with Crippen LogP contribution in [0.15, 0.2) is 53.9 Å². The first kappa shape index (κ1) is 20.8. The van der Waals surface area contributed by atoms with E-state index in [2.05, 4.69) is 10.3 Å². The molecule has 0 saturated carbocycles. The van der Waals surface area contributed by atoms with Gasteiger partial charge in [-0.1, -0.05) is 30.3 Å². The zero-order valence-corrected chi connectivity index (χ0v) is 18.2. The number of rotatable bonds is 6. The van der Waals surface area contributed by atoms with Crippen LogP contribution in [-0.4, -0.2) is 40.1 Å². The number of nitrogens with zero attached hydrogens (tertiary/aromatic N) is 3. The smallest absolute Gasteiger partial charge is 0.260 e. The van der Waals surface area contributed by atoms with Gasteiger partial charge in [0.2, 0.25) is 11.8 Å². The maximum Gasteiger partial charge on any atom is 0.260 e. The summed E-state index contributed by atoms with van der Waals surface area (Å²) in [5.41, 5.74) is 7.94. The largest absolute Gasteiger partial charge is 0.369 e. The van der Waals surface area contributed by atoms with Crippen molar-refractivity contribution in [1.82, 2.24) is 9.88 Å². The van der Waals surface area contributed by atoms with Crippen LogP contribution in [0.1, 0.15) is 44.6 Å². The number of thiazole rings is 1. The molecule has 3 aromatic rings. The number of carbonyl (C=O) groups is 4. The SMILES string of the molecule is NC(=O)Cc1csc(NC(=O)CCN2C(=O)c3ccccc3N3C(=O)c4ccccc4C23)n1. The second-order valence-corrected chi connectivity index (χ2v) is 8.60. The quantitative estimate of drug-likeness (QED) is 0.583. The van der Waals surface area contributed by atoms with Gasteiger partial charge in [-0.15, -0.1) is 11.3 Å². The summed E-state index contributed by atoms with van der Waals surface area (Å²) < 4.78 is 0. The van der Waals surface area contributed by atoms with Crippen LogP contribution in [0.2, 0.25) is 0 Å². The Morgan fingerprint density at radius 2 is 1.76 bits per heavy atom. The van der Waals surface area contributed by atoms with E-state index < -0.39 is 12.1 Å². The number of nitrogens with one attached hydrogen (secondary N) is 1. The van der Waals surface area contributed by atoms with Crippen LogP contribution in [0.5, 0.6) is 0 Å². The predicted molar refractivity (Wildman–Crippen MR) is 122 cm³/mol. The Hall–Kier alpha value is -4.05. The fraction of sp³-hybridized carbons (Fsp3) is 0.174. The molecule has 0 spiro atoms. The van der Waals surface area contributed by atoms with Crippen molar-refractivity contribution < 1.29 is 19.2 Å². The summed E-state index contributed by atoms with van der Waals surface area (Å²) >= 11 is 1.19. The van der Waals surface area contributed by atoms with E-state index in [-0.39, 0.29) is 37.1 Å². The molecule has 5 rings (SSSR count). The first-order valence-electron chi connectivity index (χ1n) is 10.3. The van der Waals surface area contributed by atoms with Gasteiger partial charge in [0.15, 0.2) is 5.13 Å². The highest BCUT2D eigenvalue weighted by atomic mass is 32.1. The van der Waals surface area contributed by atoms with Gasteiger partial charge in [-0.25, -0.2) is 4.98 Å². The van der Waals surface area contributed by atoms with E-state index in [9.17, 15) is 19.2 Å². The number of carbonyl (C=O) groups excluding carboxylic acids is 4. The van der Waals surface area contributed by atoms with Crippen LogP contribution in [0.25, 0.3) is 0 Å². The number of hydrogen-bond acceptors (Lipinski definition) is 6. The number of anilines is 2. The van der Waals surface area contributed by atoms with E-state index in [0.717, 1.165) is 5.56 Å². The zero-order chi connectivity index (χ0) is 23.1. The van der Waals surface area contributed by atoms with Crippen molar-refractivity contribution in [2.75, 3.05) is 16.8 Å². The molecule has 166 valence electrons. The molecule has 0 fully saturated rings. The molecule has 1 unspecified atom stereocenters. The molecule has 2 aromatic carbocycles. The van der Waals surface area contributed by atoms with Gasteiger partial charge < -0.3 is 16.0 Å². The molecule has 3 heterocycles. The van der Waals surface area contributed by atoms with Crippen molar-refractivity contribution in [1.29, 1.82) is 0 Å². The van der Waals surface area contributed by atoms with Gasteiger partial charge >= 0.3 is 0 Å². The van der Waals surface area contributed by atoms with Gasteiger partial charge in [-0.2, -0.15) is 0 Å². The molecule has 0 bridgehead atoms. The number of amides is 4. The minimum Gasteiger partial charge on any atom is -0.369 e. The highest BCUT2D eigenvalue weighted by Crippen LogP contribution is 2.45. The molecule has 2 aliphatic rings. The fourth-order valence-corrected chi connectivity index (χ4v) is 4.95. The molecule has 9 nitrogen and oxygen atoms in total. The van der Waals surface area contributed by atoms with Crippen molar-refractivity contribution in [2.24, 2.45) is 5.73 Å². The Balaban J connectivity index is 1.38. The summed E-state index contributed by atoms with van der Waals surface area (Å²) in [7, 11) is 0. The van der Waals surface area contributed by atoms with Gasteiger partial charge in [0.25, 0.3) is 11.8 Å². The Morgan fingerprint density at radius 3 is 2.55 bits per heavy atom. The van der Waals surface area contributed by atoms with Gasteiger partial charge in [0.05, 0.1) is 23.4 Å². The van der Waals surface area contributed by atoms with E-state index in [1.807, 2.05) is 12.1 Å². The zero-order valence-electron chi connectivity index (χ0n) is 17.4. The highest BCUT2D eigenvalue weighted by molar-refractivity contribution is 7.13. The van der Waals surface area contributed by atoms with Gasteiger partial charge in [-0.3, -0.25) is 24.1 Å². The lowest BCUT2D eigenvalue weighted by Gasteiger charge is -2.40. The summed E-state index contributed by atoms with van der Waals surface area (Å²) in [5, 5.41) is 4.71. The molecule has 33 heavy (non-hydrogen) atoms. The van der Waals surface area contributed by atoms with E-state index in [1.165, 1.54) is 11.3 Å². The standard InChI is InChI=1S/C23H19N5O4S/c24-18(29)11-13-12-33-23(25-13)26-19(30)9-10-27-20-14-5-1-2-6-15(14)22(32)28(20)17-8-4-3-7-16(17)21(27)31/h1-8,12,20H,9-11H2,(H2,24,29)(H,25,26,30). The Kier molecular flexibility index (Phi) is 5.14. The monoisotopic (exact) mass is 461 g/mol. The number of hydrogen-bond donors (Lipinski definition) is 2. The third-order valence-electron chi connectivity index (χ3n) is 5.62. The number of benzene rings is 2. The van der Waals surface area contributed by atoms with Crippen LogP contribution < -0.4 is 16.0 Å². The number of nitrogens with two attached hydrogens (primary N) is 1. The normalized spacial score (nSPS) is 16.3. The molecular formula is C23H19N5O4S. The van der Waals surface area contributed by atoms with Crippen molar-refractivity contribution in [2.45, 2.75) is 19.0 Å². The maximum absolute atomic E-state index is 13.4. The van der Waals surface area contributed by atoms with E-state index in [4.69, 9.17) is 5.73 Å². The van der Waals surface area contributed by atoms with Crippen LogP contribution in [0, 0.1) is 0 Å². The summed E-state index contributed by atoms with van der Waals surface area (Å²) in [6, 6.07) is 14.2. The number of primary amides is 1. The summed E-state index contributed by atoms with van der Waals surface area (Å²) in [6.45, 7) is 0.112. The third-order valence-corrected chi connectivity index (χ3v) is 6.42. The Labute approximate surface area is 192 Å².